The van der Waals surface area contributed by atoms with Crippen LogP contribution in [0.25, 0.3) is 0 Å². The molecule has 1 aliphatic heterocycles. The van der Waals surface area contributed by atoms with E-state index in [1.54, 1.807) is 11.8 Å². The number of urea groups is 1. The second-order valence-corrected chi connectivity index (χ2v) is 4.65. The molecule has 1 unspecified atom stereocenters. The van der Waals surface area contributed by atoms with Gasteiger partial charge in [-0.3, -0.25) is 19.8 Å². The van der Waals surface area contributed by atoms with E-state index in [0.29, 0.717) is 13.0 Å². The molecule has 0 bridgehead atoms. The Morgan fingerprint density at radius 3 is 2.74 bits per heavy atom. The van der Waals surface area contributed by atoms with Gasteiger partial charge >= 0.3 is 12.0 Å². The number of hydrogen-bond donors (Lipinski definition) is 3. The molecule has 19 heavy (non-hydrogen) atoms. The maximum Gasteiger partial charge on any atom is 0.323 e. The van der Waals surface area contributed by atoms with Gasteiger partial charge in [0.1, 0.15) is 5.54 Å². The topological polar surface area (TPSA) is 98.7 Å². The second-order valence-electron chi connectivity index (χ2n) is 4.65. The maximum atomic E-state index is 11.7. The van der Waals surface area contributed by atoms with Gasteiger partial charge in [-0.25, -0.2) is 4.79 Å². The normalized spacial score (nSPS) is 22.8. The summed E-state index contributed by atoms with van der Waals surface area (Å²) < 4.78 is 0. The van der Waals surface area contributed by atoms with Crippen LogP contribution in [-0.4, -0.2) is 53.1 Å². The van der Waals surface area contributed by atoms with Crippen LogP contribution in [0.4, 0.5) is 4.79 Å². The molecular formula is C12H19N3O4. The lowest BCUT2D eigenvalue weighted by Crippen LogP contribution is -2.52. The fraction of sp³-hybridized carbons (Fsp3) is 0.583. The van der Waals surface area contributed by atoms with Crippen LogP contribution in [0.1, 0.15) is 19.8 Å². The quantitative estimate of drug-likeness (QED) is 0.607. The highest BCUT2D eigenvalue weighted by atomic mass is 16.4. The highest BCUT2D eigenvalue weighted by molar-refractivity contribution is 5.95. The van der Waals surface area contributed by atoms with Gasteiger partial charge in [0.05, 0.1) is 6.54 Å². The lowest BCUT2D eigenvalue weighted by Gasteiger charge is -2.30. The molecule has 7 heteroatoms. The number of carbonyl (C=O) groups is 3. The fourth-order valence-electron chi connectivity index (χ4n) is 2.06. The first-order valence-electron chi connectivity index (χ1n) is 6.07. The van der Waals surface area contributed by atoms with Crippen molar-refractivity contribution in [3.8, 4) is 0 Å². The number of rotatable bonds is 5. The van der Waals surface area contributed by atoms with Gasteiger partial charge in [-0.15, -0.1) is 6.58 Å². The Labute approximate surface area is 111 Å². The third-order valence-corrected chi connectivity index (χ3v) is 3.24. The minimum absolute atomic E-state index is 0.107. The van der Waals surface area contributed by atoms with Gasteiger partial charge in [0.15, 0.2) is 0 Å². The van der Waals surface area contributed by atoms with Crippen molar-refractivity contribution in [3.05, 3.63) is 12.7 Å². The molecule has 1 fully saturated rings. The predicted octanol–water partition coefficient (Wildman–Crippen LogP) is -0.0627. The van der Waals surface area contributed by atoms with Crippen LogP contribution in [0, 0.1) is 0 Å². The summed E-state index contributed by atoms with van der Waals surface area (Å²) in [5.41, 5.74) is -1.03. The molecule has 0 aromatic rings. The number of nitrogens with one attached hydrogen (secondary N) is 2. The van der Waals surface area contributed by atoms with E-state index >= 15 is 0 Å². The summed E-state index contributed by atoms with van der Waals surface area (Å²) in [6.07, 6.45) is 2.71. The van der Waals surface area contributed by atoms with Gasteiger partial charge in [-0.1, -0.05) is 6.08 Å². The molecular weight excluding hydrogens is 250 g/mol. The molecule has 1 atom stereocenters. The first-order chi connectivity index (χ1) is 8.90. The lowest BCUT2D eigenvalue weighted by molar-refractivity contribution is -0.149. The molecule has 0 aliphatic carbocycles. The molecule has 0 radical (unpaired) electrons. The number of nitrogens with zero attached hydrogens (tertiary/aromatic N) is 1. The molecule has 3 N–H and O–H groups in total. The van der Waals surface area contributed by atoms with E-state index in [2.05, 4.69) is 17.2 Å². The van der Waals surface area contributed by atoms with E-state index in [0.717, 1.165) is 6.42 Å². The third kappa shape index (κ3) is 3.78. The highest BCUT2D eigenvalue weighted by Crippen LogP contribution is 2.28. The Hall–Kier alpha value is -1.89. The molecule has 1 saturated heterocycles. The van der Waals surface area contributed by atoms with Crippen molar-refractivity contribution >= 4 is 17.9 Å². The van der Waals surface area contributed by atoms with Gasteiger partial charge in [-0.2, -0.15) is 0 Å². The van der Waals surface area contributed by atoms with Crippen LogP contribution >= 0.6 is 0 Å². The van der Waals surface area contributed by atoms with Crippen molar-refractivity contribution < 1.29 is 19.5 Å². The predicted molar refractivity (Wildman–Crippen MR) is 68.6 cm³/mol. The molecule has 3 amide bonds. The Morgan fingerprint density at radius 2 is 2.16 bits per heavy atom. The number of amides is 3. The first kappa shape index (κ1) is 15.2. The first-order valence-corrected chi connectivity index (χ1v) is 6.07. The fourth-order valence-corrected chi connectivity index (χ4v) is 2.06. The van der Waals surface area contributed by atoms with Crippen LogP contribution < -0.4 is 10.6 Å². The lowest BCUT2D eigenvalue weighted by atomic mass is 9.99. The van der Waals surface area contributed by atoms with E-state index in [-0.39, 0.29) is 13.1 Å². The average molecular weight is 269 g/mol. The van der Waals surface area contributed by atoms with E-state index in [1.807, 2.05) is 0 Å². The number of carboxylic acid groups (broad SMARTS) is 1. The van der Waals surface area contributed by atoms with Crippen molar-refractivity contribution in [1.82, 2.24) is 15.5 Å². The van der Waals surface area contributed by atoms with Gasteiger partial charge in [0, 0.05) is 6.54 Å². The molecule has 1 heterocycles. The Morgan fingerprint density at radius 1 is 1.47 bits per heavy atom. The van der Waals surface area contributed by atoms with Gasteiger partial charge in [0.25, 0.3) is 0 Å². The van der Waals surface area contributed by atoms with Crippen LogP contribution in [-0.2, 0) is 9.59 Å². The van der Waals surface area contributed by atoms with Crippen molar-refractivity contribution in [1.29, 1.82) is 0 Å². The summed E-state index contributed by atoms with van der Waals surface area (Å²) in [6, 6.07) is -0.610. The summed E-state index contributed by atoms with van der Waals surface area (Å²) in [4.78, 5) is 35.7. The number of carboxylic acids is 1. The van der Waals surface area contributed by atoms with E-state index in [1.165, 1.54) is 6.08 Å². The second kappa shape index (κ2) is 6.33. The third-order valence-electron chi connectivity index (χ3n) is 3.24. The Kier molecular flexibility index (Phi) is 5.05. The van der Waals surface area contributed by atoms with Crippen molar-refractivity contribution in [2.75, 3.05) is 19.6 Å². The van der Waals surface area contributed by atoms with E-state index < -0.39 is 23.4 Å². The number of hydrogen-bond acceptors (Lipinski definition) is 4. The molecule has 0 spiro atoms. The monoisotopic (exact) mass is 269 g/mol. The zero-order valence-corrected chi connectivity index (χ0v) is 10.9. The van der Waals surface area contributed by atoms with Crippen molar-refractivity contribution in [2.24, 2.45) is 0 Å². The van der Waals surface area contributed by atoms with Gasteiger partial charge in [0.2, 0.25) is 5.91 Å². The smallest absolute Gasteiger partial charge is 0.323 e. The Bertz CT molecular complexity index is 396. The molecule has 1 rings (SSSR count). The largest absolute Gasteiger partial charge is 0.480 e. The molecule has 0 aromatic heterocycles. The molecule has 1 aliphatic rings. The number of imide groups is 1. The highest BCUT2D eigenvalue weighted by Gasteiger charge is 2.43. The SMILES string of the molecule is C=CCNC(=O)NC(=O)CN1CCCC1(C)C(=O)O. The minimum Gasteiger partial charge on any atom is -0.480 e. The molecule has 0 aromatic carbocycles. The maximum absolute atomic E-state index is 11.7. The molecule has 106 valence electrons. The number of aliphatic carboxylic acids is 1. The van der Waals surface area contributed by atoms with Crippen LogP contribution in [0.2, 0.25) is 0 Å². The summed E-state index contributed by atoms with van der Waals surface area (Å²) in [5.74, 6) is -1.47. The number of likely N-dealkylation sites (tertiary alicyclic amines) is 1. The molecule has 0 saturated carbocycles. The van der Waals surface area contributed by atoms with E-state index in [4.69, 9.17) is 0 Å². The summed E-state index contributed by atoms with van der Waals surface area (Å²) in [6.45, 7) is 5.71. The van der Waals surface area contributed by atoms with E-state index in [9.17, 15) is 19.5 Å². The number of carbonyl (C=O) groups excluding carboxylic acids is 2. The zero-order chi connectivity index (χ0) is 14.5. The van der Waals surface area contributed by atoms with Crippen molar-refractivity contribution in [3.63, 3.8) is 0 Å². The summed E-state index contributed by atoms with van der Waals surface area (Å²) in [7, 11) is 0. The Balaban J connectivity index is 2.50. The van der Waals surface area contributed by atoms with Crippen LogP contribution in [0.5, 0.6) is 0 Å². The minimum atomic E-state index is -1.03. The summed E-state index contributed by atoms with van der Waals surface area (Å²) in [5, 5.41) is 13.7. The summed E-state index contributed by atoms with van der Waals surface area (Å²) >= 11 is 0. The van der Waals surface area contributed by atoms with Crippen LogP contribution in [0.15, 0.2) is 12.7 Å². The van der Waals surface area contributed by atoms with Crippen molar-refractivity contribution in [2.45, 2.75) is 25.3 Å². The molecule has 7 nitrogen and oxygen atoms in total. The standard InChI is InChI=1S/C12H19N3O4/c1-3-6-13-11(19)14-9(16)8-15-7-4-5-12(15,2)10(17)18/h3H,1,4-8H2,2H3,(H,17,18)(H2,13,14,16,19). The van der Waals surface area contributed by atoms with Gasteiger partial charge < -0.3 is 10.4 Å². The van der Waals surface area contributed by atoms with Crippen LogP contribution in [0.3, 0.4) is 0 Å². The average Bonchev–Trinajstić information content (AvgIpc) is 2.69. The van der Waals surface area contributed by atoms with Gasteiger partial charge in [-0.05, 0) is 26.3 Å². The zero-order valence-electron chi connectivity index (χ0n) is 10.9.